The topological polar surface area (TPSA) is 40.8 Å². The molecule has 0 amide bonds. The second-order valence-corrected chi connectivity index (χ2v) is 4.85. The Kier molecular flexibility index (Phi) is 1.80. The third-order valence-corrected chi connectivity index (χ3v) is 3.05. The van der Waals surface area contributed by atoms with Gasteiger partial charge in [-0.25, -0.2) is 0 Å². The van der Waals surface area contributed by atoms with Crippen molar-refractivity contribution >= 4 is 12.2 Å². The molecule has 0 fully saturated rings. The molecule has 0 aliphatic carbocycles. The van der Waals surface area contributed by atoms with Crippen molar-refractivity contribution in [3.63, 3.8) is 0 Å². The zero-order valence-electron chi connectivity index (χ0n) is 9.13. The van der Waals surface area contributed by atoms with Crippen molar-refractivity contribution in [2.75, 3.05) is 0 Å². The van der Waals surface area contributed by atoms with Gasteiger partial charge in [0.25, 0.3) is 0 Å². The molecule has 2 heterocycles. The van der Waals surface area contributed by atoms with E-state index in [-0.39, 0.29) is 5.60 Å². The predicted octanol–water partition coefficient (Wildman–Crippen LogP) is 3.37. The van der Waals surface area contributed by atoms with E-state index in [0.29, 0.717) is 4.77 Å². The van der Waals surface area contributed by atoms with Gasteiger partial charge in [-0.1, -0.05) is 12.1 Å². The molecule has 0 saturated heterocycles. The fourth-order valence-electron chi connectivity index (χ4n) is 2.12. The fourth-order valence-corrected chi connectivity index (χ4v) is 2.33. The van der Waals surface area contributed by atoms with Gasteiger partial charge in [0.05, 0.1) is 11.4 Å². The van der Waals surface area contributed by atoms with E-state index in [0.717, 1.165) is 22.7 Å². The molecule has 2 N–H and O–H groups in total. The molecule has 0 bridgehead atoms. The van der Waals surface area contributed by atoms with Crippen LogP contribution in [-0.2, 0) is 5.60 Å². The molecule has 16 heavy (non-hydrogen) atoms. The average molecular weight is 232 g/mol. The van der Waals surface area contributed by atoms with Gasteiger partial charge in [-0.3, -0.25) is 0 Å². The Morgan fingerprint density at radius 1 is 1.19 bits per heavy atom. The second-order valence-electron chi connectivity index (χ2n) is 4.44. The van der Waals surface area contributed by atoms with Gasteiger partial charge in [-0.2, -0.15) is 0 Å². The van der Waals surface area contributed by atoms with Gasteiger partial charge in [0, 0.05) is 5.56 Å². The lowest BCUT2D eigenvalue weighted by atomic mass is 9.95. The van der Waals surface area contributed by atoms with Crippen molar-refractivity contribution in [2.24, 2.45) is 0 Å². The van der Waals surface area contributed by atoms with Crippen LogP contribution in [0, 0.1) is 4.77 Å². The maximum Gasteiger partial charge on any atom is 0.175 e. The molecule has 1 aromatic carbocycles. The Morgan fingerprint density at radius 3 is 2.75 bits per heavy atom. The molecule has 0 radical (unpaired) electrons. The maximum absolute atomic E-state index is 5.96. The second kappa shape index (κ2) is 2.98. The number of H-pyrrole nitrogens is 2. The normalized spacial score (nSPS) is 16.1. The van der Waals surface area contributed by atoms with E-state index in [2.05, 4.69) is 9.97 Å². The highest BCUT2D eigenvalue weighted by Crippen LogP contribution is 2.42. The minimum atomic E-state index is -0.378. The zero-order valence-corrected chi connectivity index (χ0v) is 9.94. The van der Waals surface area contributed by atoms with E-state index in [9.17, 15) is 0 Å². The summed E-state index contributed by atoms with van der Waals surface area (Å²) < 4.78 is 6.60. The Hall–Kier alpha value is -1.55. The van der Waals surface area contributed by atoms with Gasteiger partial charge < -0.3 is 14.7 Å². The Bertz CT molecular complexity index is 609. The van der Waals surface area contributed by atoms with Crippen molar-refractivity contribution in [3.05, 3.63) is 34.7 Å². The summed E-state index contributed by atoms with van der Waals surface area (Å²) >= 11 is 5.15. The summed E-state index contributed by atoms with van der Waals surface area (Å²) in [6.07, 6.45) is 0. The van der Waals surface area contributed by atoms with E-state index in [1.807, 2.05) is 38.1 Å². The Labute approximate surface area is 98.5 Å². The van der Waals surface area contributed by atoms with Gasteiger partial charge in [0.15, 0.2) is 4.77 Å². The standard InChI is InChI=1S/C12H12N2OS/c1-12(2)10-9(13-11(16)14-10)7-5-3-4-6-8(7)15-12/h3-6H,1-2H3,(H2,13,14,16). The molecule has 0 atom stereocenters. The lowest BCUT2D eigenvalue weighted by Gasteiger charge is -2.31. The quantitative estimate of drug-likeness (QED) is 0.684. The lowest BCUT2D eigenvalue weighted by molar-refractivity contribution is 0.101. The number of para-hydroxylation sites is 1. The number of fused-ring (bicyclic) bond motifs is 3. The summed E-state index contributed by atoms with van der Waals surface area (Å²) in [6.45, 7) is 4.06. The van der Waals surface area contributed by atoms with Crippen LogP contribution in [0.15, 0.2) is 24.3 Å². The maximum atomic E-state index is 5.96. The average Bonchev–Trinajstić information content (AvgIpc) is 2.61. The first-order valence-electron chi connectivity index (χ1n) is 5.19. The number of hydrogen-bond donors (Lipinski definition) is 2. The Balaban J connectivity index is 2.37. The van der Waals surface area contributed by atoms with Gasteiger partial charge >= 0.3 is 0 Å². The van der Waals surface area contributed by atoms with Crippen LogP contribution in [0.1, 0.15) is 19.5 Å². The van der Waals surface area contributed by atoms with Crippen LogP contribution >= 0.6 is 12.2 Å². The van der Waals surface area contributed by atoms with E-state index in [1.54, 1.807) is 0 Å². The summed E-state index contributed by atoms with van der Waals surface area (Å²) in [4.78, 5) is 6.35. The molecule has 3 nitrogen and oxygen atoms in total. The first-order chi connectivity index (χ1) is 7.58. The Morgan fingerprint density at radius 2 is 1.94 bits per heavy atom. The summed E-state index contributed by atoms with van der Waals surface area (Å²) in [7, 11) is 0. The highest BCUT2D eigenvalue weighted by atomic mass is 32.1. The van der Waals surface area contributed by atoms with Crippen LogP contribution in [0.25, 0.3) is 11.3 Å². The first kappa shape index (κ1) is 9.66. The molecule has 1 aliphatic rings. The number of benzene rings is 1. The highest BCUT2D eigenvalue weighted by Gasteiger charge is 2.34. The van der Waals surface area contributed by atoms with Crippen LogP contribution in [-0.4, -0.2) is 9.97 Å². The minimum absolute atomic E-state index is 0.378. The monoisotopic (exact) mass is 232 g/mol. The van der Waals surface area contributed by atoms with Crippen molar-refractivity contribution in [3.8, 4) is 17.0 Å². The van der Waals surface area contributed by atoms with Gasteiger partial charge in [-0.15, -0.1) is 0 Å². The van der Waals surface area contributed by atoms with Crippen molar-refractivity contribution in [1.82, 2.24) is 9.97 Å². The molecule has 2 aromatic rings. The molecule has 0 saturated carbocycles. The first-order valence-corrected chi connectivity index (χ1v) is 5.60. The summed E-state index contributed by atoms with van der Waals surface area (Å²) in [5.74, 6) is 0.894. The van der Waals surface area contributed by atoms with E-state index < -0.39 is 0 Å². The van der Waals surface area contributed by atoms with Crippen molar-refractivity contribution in [2.45, 2.75) is 19.4 Å². The smallest absolute Gasteiger partial charge is 0.175 e. The summed E-state index contributed by atoms with van der Waals surface area (Å²) in [5, 5.41) is 0. The zero-order chi connectivity index (χ0) is 11.3. The largest absolute Gasteiger partial charge is 0.481 e. The third kappa shape index (κ3) is 1.23. The predicted molar refractivity (Wildman–Crippen MR) is 65.1 cm³/mol. The third-order valence-electron chi connectivity index (χ3n) is 2.85. The summed E-state index contributed by atoms with van der Waals surface area (Å²) in [5.41, 5.74) is 2.73. The van der Waals surface area contributed by atoms with E-state index >= 15 is 0 Å². The number of ether oxygens (including phenoxy) is 1. The van der Waals surface area contributed by atoms with E-state index in [4.69, 9.17) is 17.0 Å². The molecule has 3 rings (SSSR count). The molecular weight excluding hydrogens is 220 g/mol. The van der Waals surface area contributed by atoms with Crippen LogP contribution in [0.2, 0.25) is 0 Å². The molecule has 82 valence electrons. The number of imidazole rings is 1. The lowest BCUT2D eigenvalue weighted by Crippen LogP contribution is -2.29. The molecule has 1 aromatic heterocycles. The SMILES string of the molecule is CC1(C)Oc2ccccc2-c2[nH]c(=S)[nH]c21. The molecule has 0 spiro atoms. The van der Waals surface area contributed by atoms with Crippen LogP contribution in [0.4, 0.5) is 0 Å². The van der Waals surface area contributed by atoms with Crippen LogP contribution in [0.3, 0.4) is 0 Å². The minimum Gasteiger partial charge on any atom is -0.481 e. The van der Waals surface area contributed by atoms with E-state index in [1.165, 1.54) is 0 Å². The number of aromatic nitrogens is 2. The number of nitrogens with one attached hydrogen (secondary N) is 2. The molecular formula is C12H12N2OS. The van der Waals surface area contributed by atoms with Crippen molar-refractivity contribution < 1.29 is 4.74 Å². The van der Waals surface area contributed by atoms with Crippen molar-refractivity contribution in [1.29, 1.82) is 0 Å². The molecule has 0 unspecified atom stereocenters. The number of rotatable bonds is 0. The molecule has 1 aliphatic heterocycles. The van der Waals surface area contributed by atoms with Gasteiger partial charge in [0.2, 0.25) is 0 Å². The van der Waals surface area contributed by atoms with Gasteiger partial charge in [-0.05, 0) is 38.2 Å². The van der Waals surface area contributed by atoms with Gasteiger partial charge in [0.1, 0.15) is 11.4 Å². The highest BCUT2D eigenvalue weighted by molar-refractivity contribution is 7.71. The van der Waals surface area contributed by atoms with Crippen LogP contribution < -0.4 is 4.74 Å². The molecule has 4 heteroatoms. The van der Waals surface area contributed by atoms with Crippen LogP contribution in [0.5, 0.6) is 5.75 Å². The summed E-state index contributed by atoms with van der Waals surface area (Å²) in [6, 6.07) is 7.97. The fraction of sp³-hybridized carbons (Fsp3) is 0.250. The number of aromatic amines is 2. The number of hydrogen-bond acceptors (Lipinski definition) is 2.